The number of aromatic nitrogens is 3. The first-order chi connectivity index (χ1) is 11.2. The van der Waals surface area contributed by atoms with Gasteiger partial charge in [-0.3, -0.25) is 9.48 Å². The van der Waals surface area contributed by atoms with Crippen LogP contribution in [0.3, 0.4) is 0 Å². The van der Waals surface area contributed by atoms with Gasteiger partial charge in [0.25, 0.3) is 0 Å². The minimum atomic E-state index is -0.0889. The highest BCUT2D eigenvalue weighted by Crippen LogP contribution is 2.27. The second-order valence-electron chi connectivity index (χ2n) is 4.91. The number of ether oxygens (including phenoxy) is 1. The Balaban J connectivity index is 1.76. The number of carbonyl (C=O) groups excluding carboxylic acids is 1. The summed E-state index contributed by atoms with van der Waals surface area (Å²) < 4.78 is 6.83. The lowest BCUT2D eigenvalue weighted by Gasteiger charge is -2.00. The van der Waals surface area contributed by atoms with Crippen molar-refractivity contribution in [3.63, 3.8) is 0 Å². The van der Waals surface area contributed by atoms with E-state index in [0.717, 1.165) is 22.0 Å². The van der Waals surface area contributed by atoms with E-state index in [1.54, 1.807) is 37.3 Å². The molecule has 3 rings (SSSR count). The van der Waals surface area contributed by atoms with E-state index in [9.17, 15) is 4.79 Å². The predicted octanol–water partition coefficient (Wildman–Crippen LogP) is 3.45. The lowest BCUT2D eigenvalue weighted by atomic mass is 10.2. The third-order valence-electron chi connectivity index (χ3n) is 3.23. The molecule has 3 aromatic rings. The zero-order valence-corrected chi connectivity index (χ0v) is 13.6. The molecule has 0 unspecified atom stereocenters. The quantitative estimate of drug-likeness (QED) is 0.532. The monoisotopic (exact) mass is 325 g/mol. The van der Waals surface area contributed by atoms with Crippen LogP contribution < -0.4 is 4.74 Å². The van der Waals surface area contributed by atoms with Gasteiger partial charge in [0.1, 0.15) is 10.8 Å². The van der Waals surface area contributed by atoms with Crippen LogP contribution >= 0.6 is 11.3 Å². The maximum atomic E-state index is 12.0. The van der Waals surface area contributed by atoms with E-state index in [2.05, 4.69) is 10.1 Å². The predicted molar refractivity (Wildman–Crippen MR) is 90.7 cm³/mol. The van der Waals surface area contributed by atoms with E-state index in [1.807, 2.05) is 29.6 Å². The number of hydrogen-bond acceptors (Lipinski definition) is 5. The molecule has 0 bridgehead atoms. The Morgan fingerprint density at radius 1 is 1.39 bits per heavy atom. The largest absolute Gasteiger partial charge is 0.497 e. The SMILES string of the molecule is COc1cccc(-c2nc(C=CC(=O)c3cnn(C)c3)cs2)c1. The molecule has 6 heteroatoms. The van der Waals surface area contributed by atoms with Crippen molar-refractivity contribution < 1.29 is 9.53 Å². The Morgan fingerprint density at radius 3 is 3.00 bits per heavy atom. The minimum absolute atomic E-state index is 0.0889. The fourth-order valence-corrected chi connectivity index (χ4v) is 2.84. The summed E-state index contributed by atoms with van der Waals surface area (Å²) in [5.74, 6) is 0.704. The van der Waals surface area contributed by atoms with Crippen LogP contribution in [0.4, 0.5) is 0 Å². The zero-order valence-electron chi connectivity index (χ0n) is 12.8. The number of aryl methyl sites for hydroxylation is 1. The van der Waals surface area contributed by atoms with Crippen LogP contribution in [0.2, 0.25) is 0 Å². The summed E-state index contributed by atoms with van der Waals surface area (Å²) in [7, 11) is 3.42. The molecule has 0 amide bonds. The Bertz CT molecular complexity index is 864. The van der Waals surface area contributed by atoms with Gasteiger partial charge in [0.05, 0.1) is 24.6 Å². The summed E-state index contributed by atoms with van der Waals surface area (Å²) in [6.45, 7) is 0. The van der Waals surface area contributed by atoms with Crippen molar-refractivity contribution in [3.05, 3.63) is 59.4 Å². The van der Waals surface area contributed by atoms with Crippen molar-refractivity contribution in [2.45, 2.75) is 0 Å². The fraction of sp³-hybridized carbons (Fsp3) is 0.118. The van der Waals surface area contributed by atoms with E-state index in [4.69, 9.17) is 4.74 Å². The summed E-state index contributed by atoms with van der Waals surface area (Å²) in [6.07, 6.45) is 6.47. The van der Waals surface area contributed by atoms with E-state index < -0.39 is 0 Å². The Hall–Kier alpha value is -2.73. The van der Waals surface area contributed by atoms with E-state index >= 15 is 0 Å². The van der Waals surface area contributed by atoms with Gasteiger partial charge >= 0.3 is 0 Å². The normalized spacial score (nSPS) is 11.0. The molecule has 0 atom stereocenters. The number of hydrogen-bond donors (Lipinski definition) is 0. The highest BCUT2D eigenvalue weighted by atomic mass is 32.1. The van der Waals surface area contributed by atoms with Crippen LogP contribution in [-0.2, 0) is 7.05 Å². The number of allylic oxidation sites excluding steroid dienone is 1. The second-order valence-corrected chi connectivity index (χ2v) is 5.77. The van der Waals surface area contributed by atoms with Gasteiger partial charge in [-0.1, -0.05) is 12.1 Å². The summed E-state index contributed by atoms with van der Waals surface area (Å²) >= 11 is 1.53. The standard InChI is InChI=1S/C17H15N3O2S/c1-20-10-13(9-18-20)16(21)7-6-14-11-23-17(19-14)12-4-3-5-15(8-12)22-2/h3-11H,1-2H3. The molecule has 2 aromatic heterocycles. The molecule has 0 radical (unpaired) electrons. The molecule has 2 heterocycles. The van der Waals surface area contributed by atoms with Crippen molar-refractivity contribution in [1.82, 2.24) is 14.8 Å². The molecule has 23 heavy (non-hydrogen) atoms. The smallest absolute Gasteiger partial charge is 0.189 e. The number of nitrogens with zero attached hydrogens (tertiary/aromatic N) is 3. The molecule has 0 saturated carbocycles. The lowest BCUT2D eigenvalue weighted by molar-refractivity contribution is 0.104. The highest BCUT2D eigenvalue weighted by molar-refractivity contribution is 7.13. The maximum absolute atomic E-state index is 12.0. The molecular weight excluding hydrogens is 310 g/mol. The summed E-state index contributed by atoms with van der Waals surface area (Å²) in [5, 5.41) is 6.79. The maximum Gasteiger partial charge on any atom is 0.189 e. The van der Waals surface area contributed by atoms with E-state index in [1.165, 1.54) is 17.4 Å². The highest BCUT2D eigenvalue weighted by Gasteiger charge is 2.06. The summed E-state index contributed by atoms with van der Waals surface area (Å²) in [5.41, 5.74) is 2.31. The number of rotatable bonds is 5. The topological polar surface area (TPSA) is 57.0 Å². The van der Waals surface area contributed by atoms with Gasteiger partial charge < -0.3 is 4.74 Å². The van der Waals surface area contributed by atoms with Crippen molar-refractivity contribution in [2.75, 3.05) is 7.11 Å². The van der Waals surface area contributed by atoms with Gasteiger partial charge in [-0.2, -0.15) is 5.10 Å². The fourth-order valence-electron chi connectivity index (χ4n) is 2.06. The average molecular weight is 325 g/mol. The molecule has 1 aromatic carbocycles. The molecule has 0 aliphatic rings. The number of carbonyl (C=O) groups is 1. The summed E-state index contributed by atoms with van der Waals surface area (Å²) in [6, 6.07) is 7.74. The number of thiazole rings is 1. The minimum Gasteiger partial charge on any atom is -0.497 e. The van der Waals surface area contributed by atoms with Crippen LogP contribution in [0, 0.1) is 0 Å². The van der Waals surface area contributed by atoms with Crippen molar-refractivity contribution in [1.29, 1.82) is 0 Å². The van der Waals surface area contributed by atoms with Crippen LogP contribution in [0.15, 0.2) is 48.1 Å². The van der Waals surface area contributed by atoms with Gasteiger partial charge in [-0.25, -0.2) is 4.98 Å². The van der Waals surface area contributed by atoms with E-state index in [0.29, 0.717) is 5.56 Å². The Kier molecular flexibility index (Phi) is 4.34. The third-order valence-corrected chi connectivity index (χ3v) is 4.14. The molecule has 0 spiro atoms. The van der Waals surface area contributed by atoms with Crippen LogP contribution in [0.5, 0.6) is 5.75 Å². The van der Waals surface area contributed by atoms with Crippen LogP contribution in [-0.4, -0.2) is 27.7 Å². The van der Waals surface area contributed by atoms with Crippen LogP contribution in [0.1, 0.15) is 16.1 Å². The molecule has 0 saturated heterocycles. The number of benzene rings is 1. The van der Waals surface area contributed by atoms with Gasteiger partial charge in [0.2, 0.25) is 0 Å². The first-order valence-corrected chi connectivity index (χ1v) is 7.84. The molecule has 0 N–H and O–H groups in total. The molecule has 5 nitrogen and oxygen atoms in total. The zero-order chi connectivity index (χ0) is 16.2. The number of methoxy groups -OCH3 is 1. The van der Waals surface area contributed by atoms with Crippen LogP contribution in [0.25, 0.3) is 16.6 Å². The average Bonchev–Trinajstić information content (AvgIpc) is 3.22. The van der Waals surface area contributed by atoms with Crippen molar-refractivity contribution in [3.8, 4) is 16.3 Å². The Morgan fingerprint density at radius 2 is 2.26 bits per heavy atom. The molecule has 0 aliphatic carbocycles. The molecular formula is C17H15N3O2S. The molecule has 116 valence electrons. The second kappa shape index (κ2) is 6.58. The molecule has 0 fully saturated rings. The van der Waals surface area contributed by atoms with Gasteiger partial charge in [-0.15, -0.1) is 11.3 Å². The Labute approximate surface area is 137 Å². The van der Waals surface area contributed by atoms with Gasteiger partial charge in [0.15, 0.2) is 5.78 Å². The van der Waals surface area contributed by atoms with Gasteiger partial charge in [0, 0.05) is 24.2 Å². The van der Waals surface area contributed by atoms with Crippen molar-refractivity contribution >= 4 is 23.2 Å². The first kappa shape index (κ1) is 15.2. The van der Waals surface area contributed by atoms with Crippen molar-refractivity contribution in [2.24, 2.45) is 7.05 Å². The third kappa shape index (κ3) is 3.54. The van der Waals surface area contributed by atoms with Gasteiger partial charge in [-0.05, 0) is 24.3 Å². The number of ketones is 1. The summed E-state index contributed by atoms with van der Waals surface area (Å²) in [4.78, 5) is 16.5. The molecule has 0 aliphatic heterocycles. The van der Waals surface area contributed by atoms with E-state index in [-0.39, 0.29) is 5.78 Å². The lowest BCUT2D eigenvalue weighted by Crippen LogP contribution is -1.91. The first-order valence-electron chi connectivity index (χ1n) is 6.97.